The van der Waals surface area contributed by atoms with E-state index in [1.807, 2.05) is 0 Å². The summed E-state index contributed by atoms with van der Waals surface area (Å²) in [6.45, 7) is 1.68. The molecule has 0 saturated carbocycles. The van der Waals surface area contributed by atoms with E-state index in [-0.39, 0.29) is 17.2 Å². The van der Waals surface area contributed by atoms with Crippen molar-refractivity contribution in [2.75, 3.05) is 28.4 Å². The number of aliphatic hydroxyl groups is 1. The van der Waals surface area contributed by atoms with Crippen molar-refractivity contribution < 1.29 is 38.7 Å². The highest BCUT2D eigenvalue weighted by atomic mass is 16.5. The first-order valence-corrected chi connectivity index (χ1v) is 9.07. The molecular weight excluding hydrogens is 392 g/mol. The summed E-state index contributed by atoms with van der Waals surface area (Å²) in [7, 11) is 5.76. The summed E-state index contributed by atoms with van der Waals surface area (Å²) in [6, 6.07) is 6.38. The third-order valence-corrected chi connectivity index (χ3v) is 4.44. The number of ether oxygens (including phenoxy) is 5. The lowest BCUT2D eigenvalue weighted by atomic mass is 10.0. The lowest BCUT2D eigenvalue weighted by molar-refractivity contribution is -0.104. The highest BCUT2D eigenvalue weighted by molar-refractivity contribution is 5.75. The van der Waals surface area contributed by atoms with Crippen LogP contribution in [0.2, 0.25) is 0 Å². The summed E-state index contributed by atoms with van der Waals surface area (Å²) >= 11 is 0. The van der Waals surface area contributed by atoms with Crippen LogP contribution in [-0.2, 0) is 4.79 Å². The number of aliphatic hydroxyl groups excluding tert-OH is 1. The van der Waals surface area contributed by atoms with Crippen LogP contribution in [0.25, 0.3) is 6.08 Å². The minimum atomic E-state index is -1.09. The van der Waals surface area contributed by atoms with Crippen molar-refractivity contribution >= 4 is 12.4 Å². The molecule has 0 fully saturated rings. The Hall–Kier alpha value is -3.39. The summed E-state index contributed by atoms with van der Waals surface area (Å²) < 4.78 is 27.1. The molecule has 8 nitrogen and oxygen atoms in total. The molecule has 0 amide bonds. The maximum absolute atomic E-state index is 10.8. The van der Waals surface area contributed by atoms with E-state index in [1.54, 1.807) is 25.1 Å². The third-order valence-electron chi connectivity index (χ3n) is 4.44. The first-order chi connectivity index (χ1) is 14.4. The fourth-order valence-corrected chi connectivity index (χ4v) is 2.87. The molecule has 2 aromatic carbocycles. The quantitative estimate of drug-likeness (QED) is 0.448. The fraction of sp³-hybridized carbons (Fsp3) is 0.318. The largest absolute Gasteiger partial charge is 0.502 e. The molecule has 2 aromatic rings. The van der Waals surface area contributed by atoms with Crippen LogP contribution in [0.4, 0.5) is 0 Å². The van der Waals surface area contributed by atoms with E-state index in [2.05, 4.69) is 0 Å². The summed E-state index contributed by atoms with van der Waals surface area (Å²) in [5.74, 6) is 1.22. The van der Waals surface area contributed by atoms with Gasteiger partial charge in [-0.3, -0.25) is 4.79 Å². The lowest BCUT2D eigenvalue weighted by Crippen LogP contribution is -2.22. The van der Waals surface area contributed by atoms with Gasteiger partial charge >= 0.3 is 0 Å². The molecule has 2 N–H and O–H groups in total. The van der Waals surface area contributed by atoms with E-state index in [0.717, 1.165) is 0 Å². The Morgan fingerprint density at radius 2 is 1.37 bits per heavy atom. The van der Waals surface area contributed by atoms with Crippen LogP contribution in [0.3, 0.4) is 0 Å². The number of hydrogen-bond donors (Lipinski definition) is 2. The van der Waals surface area contributed by atoms with Crippen molar-refractivity contribution in [3.8, 4) is 34.5 Å². The summed E-state index contributed by atoms with van der Waals surface area (Å²) in [6.07, 6.45) is 1.81. The maximum atomic E-state index is 10.8. The predicted molar refractivity (Wildman–Crippen MR) is 111 cm³/mol. The number of hydrogen-bond acceptors (Lipinski definition) is 8. The Kier molecular flexibility index (Phi) is 7.94. The Balaban J connectivity index is 2.38. The molecule has 0 aliphatic heterocycles. The molecule has 0 aliphatic rings. The van der Waals surface area contributed by atoms with Gasteiger partial charge in [0, 0.05) is 0 Å². The van der Waals surface area contributed by atoms with Crippen LogP contribution in [0, 0.1) is 0 Å². The van der Waals surface area contributed by atoms with Gasteiger partial charge in [0.25, 0.3) is 0 Å². The van der Waals surface area contributed by atoms with E-state index >= 15 is 0 Å². The van der Waals surface area contributed by atoms with E-state index < -0.39 is 12.2 Å². The molecule has 0 bridgehead atoms. The van der Waals surface area contributed by atoms with E-state index in [0.29, 0.717) is 34.7 Å². The Morgan fingerprint density at radius 3 is 1.80 bits per heavy atom. The minimum Gasteiger partial charge on any atom is -0.502 e. The number of carbonyl (C=O) groups excluding carboxylic acids is 1. The molecular formula is C22H26O8. The second-order valence-corrected chi connectivity index (χ2v) is 6.29. The van der Waals surface area contributed by atoms with E-state index in [1.165, 1.54) is 46.6 Å². The SMILES string of the molecule is COc1cc([C@@H](O)[C@H](C)Oc2c(OC)cc(/C=C\C=O)cc2OC)cc(OC)c1O. The van der Waals surface area contributed by atoms with Gasteiger partial charge in [0.05, 0.1) is 28.4 Å². The maximum Gasteiger partial charge on any atom is 0.203 e. The van der Waals surface area contributed by atoms with Gasteiger partial charge in [0.1, 0.15) is 18.5 Å². The zero-order valence-electron chi connectivity index (χ0n) is 17.5. The average Bonchev–Trinajstić information content (AvgIpc) is 2.77. The van der Waals surface area contributed by atoms with Gasteiger partial charge in [-0.15, -0.1) is 0 Å². The number of aromatic hydroxyl groups is 1. The van der Waals surface area contributed by atoms with Crippen molar-refractivity contribution in [3.05, 3.63) is 41.5 Å². The lowest BCUT2D eigenvalue weighted by Gasteiger charge is -2.24. The number of rotatable bonds is 10. The topological polar surface area (TPSA) is 104 Å². The summed E-state index contributed by atoms with van der Waals surface area (Å²) in [5, 5.41) is 20.9. The normalized spacial score (nSPS) is 12.9. The van der Waals surface area contributed by atoms with Crippen LogP contribution in [0.15, 0.2) is 30.3 Å². The molecule has 0 aromatic heterocycles. The second-order valence-electron chi connectivity index (χ2n) is 6.29. The molecule has 0 radical (unpaired) electrons. The zero-order chi connectivity index (χ0) is 22.3. The number of carbonyl (C=O) groups is 1. The molecule has 0 spiro atoms. The van der Waals surface area contributed by atoms with Crippen LogP contribution in [0.1, 0.15) is 24.2 Å². The van der Waals surface area contributed by atoms with Gasteiger partial charge in [-0.2, -0.15) is 0 Å². The van der Waals surface area contributed by atoms with Gasteiger partial charge in [-0.05, 0) is 48.4 Å². The highest BCUT2D eigenvalue weighted by Gasteiger charge is 2.25. The van der Waals surface area contributed by atoms with Crippen molar-refractivity contribution in [2.45, 2.75) is 19.1 Å². The minimum absolute atomic E-state index is 0.160. The molecule has 162 valence electrons. The van der Waals surface area contributed by atoms with E-state index in [4.69, 9.17) is 23.7 Å². The fourth-order valence-electron chi connectivity index (χ4n) is 2.87. The molecule has 2 atom stereocenters. The number of methoxy groups -OCH3 is 4. The highest BCUT2D eigenvalue weighted by Crippen LogP contribution is 2.42. The predicted octanol–water partition coefficient (Wildman–Crippen LogP) is 3.14. The van der Waals surface area contributed by atoms with Gasteiger partial charge in [-0.1, -0.05) is 6.08 Å². The molecule has 30 heavy (non-hydrogen) atoms. The Labute approximate surface area is 175 Å². The number of aldehydes is 1. The second kappa shape index (κ2) is 10.4. The van der Waals surface area contributed by atoms with E-state index in [9.17, 15) is 15.0 Å². The van der Waals surface area contributed by atoms with Gasteiger partial charge in [0.2, 0.25) is 11.5 Å². The third kappa shape index (κ3) is 4.96. The van der Waals surface area contributed by atoms with Crippen LogP contribution in [-0.4, -0.2) is 51.0 Å². The van der Waals surface area contributed by atoms with Crippen molar-refractivity contribution in [1.82, 2.24) is 0 Å². The molecule has 8 heteroatoms. The van der Waals surface area contributed by atoms with Gasteiger partial charge < -0.3 is 33.9 Å². The number of phenolic OH excluding ortho intramolecular Hbond substituents is 1. The molecule has 0 aliphatic carbocycles. The van der Waals surface area contributed by atoms with Gasteiger partial charge in [-0.25, -0.2) is 0 Å². The molecule has 0 saturated heterocycles. The first-order valence-electron chi connectivity index (χ1n) is 9.07. The van der Waals surface area contributed by atoms with Crippen LogP contribution < -0.4 is 23.7 Å². The number of benzene rings is 2. The first kappa shape index (κ1) is 22.9. The van der Waals surface area contributed by atoms with Gasteiger partial charge in [0.15, 0.2) is 23.0 Å². The summed E-state index contributed by atoms with van der Waals surface area (Å²) in [4.78, 5) is 10.6. The standard InChI is InChI=1S/C22H26O8/c1-13(20(24)15-11-16(26-2)21(25)17(12-15)27-3)30-22-18(28-4)9-14(7-6-8-23)10-19(22)29-5/h6-13,20,24-25H,1-5H3/b7-6-/t13-,20-/m0/s1. The van der Waals surface area contributed by atoms with Crippen LogP contribution in [0.5, 0.6) is 34.5 Å². The van der Waals surface area contributed by atoms with Crippen molar-refractivity contribution in [2.24, 2.45) is 0 Å². The van der Waals surface area contributed by atoms with Crippen molar-refractivity contribution in [3.63, 3.8) is 0 Å². The average molecular weight is 418 g/mol. The molecule has 0 heterocycles. The Bertz CT molecular complexity index is 856. The number of allylic oxidation sites excluding steroid dienone is 1. The Morgan fingerprint density at radius 1 is 0.867 bits per heavy atom. The monoisotopic (exact) mass is 418 g/mol. The van der Waals surface area contributed by atoms with Crippen LogP contribution >= 0.6 is 0 Å². The van der Waals surface area contributed by atoms with Crippen molar-refractivity contribution in [1.29, 1.82) is 0 Å². The summed E-state index contributed by atoms with van der Waals surface area (Å²) in [5.41, 5.74) is 1.11. The molecule has 2 rings (SSSR count). The smallest absolute Gasteiger partial charge is 0.203 e. The zero-order valence-corrected chi connectivity index (χ0v) is 17.5. The number of phenols is 1. The molecule has 0 unspecified atom stereocenters.